The van der Waals surface area contributed by atoms with Gasteiger partial charge in [0.25, 0.3) is 0 Å². The van der Waals surface area contributed by atoms with Crippen LogP contribution in [0.15, 0.2) is 16.6 Å². The van der Waals surface area contributed by atoms with Crippen molar-refractivity contribution in [2.24, 2.45) is 0 Å². The number of Topliss-reactive ketones (excluding diaryl/α,β-unsaturated/α-hetero) is 1. The summed E-state index contributed by atoms with van der Waals surface area (Å²) in [6, 6.07) is 2.96. The van der Waals surface area contributed by atoms with Gasteiger partial charge in [-0.2, -0.15) is 0 Å². The van der Waals surface area contributed by atoms with Gasteiger partial charge in [-0.1, -0.05) is 11.6 Å². The van der Waals surface area contributed by atoms with Crippen molar-refractivity contribution in [3.8, 4) is 5.75 Å². The number of phenols is 1. The second kappa shape index (κ2) is 4.31. The van der Waals surface area contributed by atoms with E-state index in [9.17, 15) is 9.90 Å². The summed E-state index contributed by atoms with van der Waals surface area (Å²) in [5.41, 5.74) is 0.172. The first-order valence-electron chi connectivity index (χ1n) is 3.34. The van der Waals surface area contributed by atoms with E-state index in [-0.39, 0.29) is 23.0 Å². The number of phenolic OH excluding ortho intramolecular Hbond substituents is 1. The van der Waals surface area contributed by atoms with Gasteiger partial charge in [-0.25, -0.2) is 0 Å². The molecule has 0 bridgehead atoms. The third kappa shape index (κ3) is 2.16. The Balaban J connectivity index is 3.26. The van der Waals surface area contributed by atoms with E-state index >= 15 is 0 Å². The lowest BCUT2D eigenvalue weighted by atomic mass is 10.1. The van der Waals surface area contributed by atoms with E-state index in [4.69, 9.17) is 23.2 Å². The van der Waals surface area contributed by atoms with E-state index in [2.05, 4.69) is 15.9 Å². The zero-order valence-corrected chi connectivity index (χ0v) is 9.45. The van der Waals surface area contributed by atoms with Crippen molar-refractivity contribution < 1.29 is 9.90 Å². The molecule has 0 spiro atoms. The molecule has 1 rings (SSSR count). The quantitative estimate of drug-likeness (QED) is 0.668. The van der Waals surface area contributed by atoms with Crippen LogP contribution in [0.3, 0.4) is 0 Å². The molecule has 0 aliphatic heterocycles. The Labute approximate surface area is 93.6 Å². The van der Waals surface area contributed by atoms with Crippen LogP contribution in [0.5, 0.6) is 5.75 Å². The molecule has 0 unspecified atom stereocenters. The Morgan fingerprint density at radius 2 is 2.15 bits per heavy atom. The highest BCUT2D eigenvalue weighted by Crippen LogP contribution is 2.34. The van der Waals surface area contributed by atoms with Crippen LogP contribution in [0.4, 0.5) is 0 Å². The summed E-state index contributed by atoms with van der Waals surface area (Å²) in [5.74, 6) is -0.670. The van der Waals surface area contributed by atoms with Gasteiger partial charge in [-0.3, -0.25) is 4.79 Å². The molecule has 1 aromatic carbocycles. The average molecular weight is 284 g/mol. The molecule has 13 heavy (non-hydrogen) atoms. The van der Waals surface area contributed by atoms with E-state index in [1.807, 2.05) is 0 Å². The first kappa shape index (κ1) is 10.8. The standard InChI is InChI=1S/C8H5BrCl2O2/c9-7-5(11)2-1-4(8(7)13)6(12)3-10/h1-2,13H,3H2. The summed E-state index contributed by atoms with van der Waals surface area (Å²) in [6.07, 6.45) is 0. The Hall–Kier alpha value is -0.250. The first-order chi connectivity index (χ1) is 6.07. The number of hydrogen-bond donors (Lipinski definition) is 1. The molecule has 0 heterocycles. The monoisotopic (exact) mass is 282 g/mol. The molecule has 1 aromatic rings. The number of aromatic hydroxyl groups is 1. The lowest BCUT2D eigenvalue weighted by Gasteiger charge is -2.04. The fourth-order valence-corrected chi connectivity index (χ4v) is 1.48. The summed E-state index contributed by atoms with van der Waals surface area (Å²) in [7, 11) is 0. The van der Waals surface area contributed by atoms with Crippen molar-refractivity contribution in [2.45, 2.75) is 0 Å². The lowest BCUT2D eigenvalue weighted by Crippen LogP contribution is -2.00. The minimum absolute atomic E-state index is 0.165. The van der Waals surface area contributed by atoms with E-state index in [1.54, 1.807) is 0 Å². The molecule has 70 valence electrons. The van der Waals surface area contributed by atoms with Gasteiger partial charge in [0.15, 0.2) is 5.78 Å². The number of benzene rings is 1. The van der Waals surface area contributed by atoms with Gasteiger partial charge in [0.2, 0.25) is 0 Å². The molecule has 0 saturated heterocycles. The van der Waals surface area contributed by atoms with Crippen molar-refractivity contribution in [3.05, 3.63) is 27.2 Å². The van der Waals surface area contributed by atoms with Crippen LogP contribution in [0, 0.1) is 0 Å². The summed E-state index contributed by atoms with van der Waals surface area (Å²) in [5, 5.41) is 9.82. The topological polar surface area (TPSA) is 37.3 Å². The van der Waals surface area contributed by atoms with Gasteiger partial charge in [0.05, 0.1) is 20.9 Å². The van der Waals surface area contributed by atoms with Crippen LogP contribution in [0.1, 0.15) is 10.4 Å². The molecule has 0 aliphatic rings. The van der Waals surface area contributed by atoms with Crippen molar-refractivity contribution in [3.63, 3.8) is 0 Å². The fraction of sp³-hybridized carbons (Fsp3) is 0.125. The lowest BCUT2D eigenvalue weighted by molar-refractivity contribution is 0.101. The van der Waals surface area contributed by atoms with Gasteiger partial charge >= 0.3 is 0 Å². The number of rotatable bonds is 2. The van der Waals surface area contributed by atoms with Crippen molar-refractivity contribution in [1.29, 1.82) is 0 Å². The molecule has 0 amide bonds. The van der Waals surface area contributed by atoms with Crippen LogP contribution in [-0.4, -0.2) is 16.8 Å². The predicted molar refractivity (Wildman–Crippen MR) is 55.9 cm³/mol. The van der Waals surface area contributed by atoms with Crippen molar-refractivity contribution in [1.82, 2.24) is 0 Å². The number of carbonyl (C=O) groups is 1. The second-order valence-corrected chi connectivity index (χ2v) is 3.78. The SMILES string of the molecule is O=C(CCl)c1ccc(Cl)c(Br)c1O. The minimum Gasteiger partial charge on any atom is -0.506 e. The Morgan fingerprint density at radius 3 is 2.69 bits per heavy atom. The van der Waals surface area contributed by atoms with Gasteiger partial charge in [-0.15, -0.1) is 11.6 Å². The van der Waals surface area contributed by atoms with Crippen LogP contribution < -0.4 is 0 Å². The van der Waals surface area contributed by atoms with Gasteiger partial charge in [0.1, 0.15) is 5.75 Å². The molecule has 0 aliphatic carbocycles. The number of carbonyl (C=O) groups excluding carboxylic acids is 1. The molecular formula is C8H5BrCl2O2. The third-order valence-corrected chi connectivity index (χ3v) is 3.08. The molecule has 0 fully saturated rings. The Kier molecular flexibility index (Phi) is 3.59. The fourth-order valence-electron chi connectivity index (χ4n) is 0.837. The predicted octanol–water partition coefficient (Wildman–Crippen LogP) is 3.23. The van der Waals surface area contributed by atoms with Crippen LogP contribution in [0.25, 0.3) is 0 Å². The normalized spacial score (nSPS) is 10.1. The summed E-state index contributed by atoms with van der Waals surface area (Å²) in [6.45, 7) is 0. The maximum atomic E-state index is 11.1. The third-order valence-electron chi connectivity index (χ3n) is 1.49. The molecule has 0 aromatic heterocycles. The second-order valence-electron chi connectivity index (χ2n) is 2.31. The maximum Gasteiger partial charge on any atom is 0.181 e. The number of ketones is 1. The Bertz CT molecular complexity index is 352. The van der Waals surface area contributed by atoms with Crippen LogP contribution >= 0.6 is 39.1 Å². The number of alkyl halides is 1. The number of hydrogen-bond acceptors (Lipinski definition) is 2. The largest absolute Gasteiger partial charge is 0.506 e. The summed E-state index contributed by atoms with van der Waals surface area (Å²) in [4.78, 5) is 11.1. The van der Waals surface area contributed by atoms with E-state index in [0.29, 0.717) is 9.50 Å². The summed E-state index contributed by atoms with van der Waals surface area (Å²) < 4.78 is 0.310. The van der Waals surface area contributed by atoms with E-state index < -0.39 is 0 Å². The highest BCUT2D eigenvalue weighted by Gasteiger charge is 2.14. The highest BCUT2D eigenvalue weighted by molar-refractivity contribution is 9.10. The number of halogens is 3. The summed E-state index contributed by atoms with van der Waals surface area (Å²) >= 11 is 14.1. The minimum atomic E-state index is -0.337. The maximum absolute atomic E-state index is 11.1. The highest BCUT2D eigenvalue weighted by atomic mass is 79.9. The zero-order valence-electron chi connectivity index (χ0n) is 6.35. The van der Waals surface area contributed by atoms with Crippen LogP contribution in [0.2, 0.25) is 5.02 Å². The van der Waals surface area contributed by atoms with Gasteiger partial charge in [0, 0.05) is 0 Å². The molecular weight excluding hydrogens is 279 g/mol. The molecule has 0 saturated carbocycles. The molecule has 0 radical (unpaired) electrons. The van der Waals surface area contributed by atoms with Gasteiger partial charge < -0.3 is 5.11 Å². The van der Waals surface area contributed by atoms with Crippen LogP contribution in [-0.2, 0) is 0 Å². The van der Waals surface area contributed by atoms with Gasteiger partial charge in [-0.05, 0) is 28.1 Å². The Morgan fingerprint density at radius 1 is 1.54 bits per heavy atom. The molecule has 5 heteroatoms. The average Bonchev–Trinajstić information content (AvgIpc) is 2.13. The first-order valence-corrected chi connectivity index (χ1v) is 5.04. The zero-order chi connectivity index (χ0) is 10.0. The van der Waals surface area contributed by atoms with Crippen molar-refractivity contribution >= 4 is 44.9 Å². The molecule has 1 N–H and O–H groups in total. The smallest absolute Gasteiger partial charge is 0.181 e. The van der Waals surface area contributed by atoms with Crippen molar-refractivity contribution in [2.75, 3.05) is 5.88 Å². The molecule has 0 atom stereocenters. The van der Waals surface area contributed by atoms with E-state index in [1.165, 1.54) is 12.1 Å². The molecule has 2 nitrogen and oxygen atoms in total. The van der Waals surface area contributed by atoms with E-state index in [0.717, 1.165) is 0 Å².